The molecule has 9 aromatic rings. The maximum Gasteiger partial charge on any atom is 0.0468 e. The van der Waals surface area contributed by atoms with E-state index in [4.69, 9.17) is 0 Å². The van der Waals surface area contributed by atoms with Gasteiger partial charge >= 0.3 is 0 Å². The highest BCUT2D eigenvalue weighted by molar-refractivity contribution is 5.89. The van der Waals surface area contributed by atoms with Gasteiger partial charge in [0.25, 0.3) is 0 Å². The first-order chi connectivity index (χ1) is 27.3. The van der Waals surface area contributed by atoms with Crippen LogP contribution in [0.15, 0.2) is 237 Å². The van der Waals surface area contributed by atoms with Crippen molar-refractivity contribution >= 4 is 17.1 Å². The van der Waals surface area contributed by atoms with Gasteiger partial charge < -0.3 is 4.90 Å². The van der Waals surface area contributed by atoms with Crippen LogP contribution in [-0.4, -0.2) is 0 Å². The van der Waals surface area contributed by atoms with Crippen LogP contribution >= 0.6 is 0 Å². The Kier molecular flexibility index (Phi) is 9.41. The molecule has 0 spiro atoms. The summed E-state index contributed by atoms with van der Waals surface area (Å²) in [5, 5.41) is 0. The lowest BCUT2D eigenvalue weighted by molar-refractivity contribution is 1.28. The van der Waals surface area contributed by atoms with E-state index in [1.54, 1.807) is 0 Å². The molecule has 1 nitrogen and oxygen atoms in total. The lowest BCUT2D eigenvalue weighted by Gasteiger charge is -2.27. The fraction of sp³-hybridized carbons (Fsp3) is 0. The molecular weight excluding hydrogens is 663 g/mol. The van der Waals surface area contributed by atoms with Gasteiger partial charge in [0, 0.05) is 17.1 Å². The van der Waals surface area contributed by atoms with Crippen LogP contribution < -0.4 is 4.90 Å². The zero-order valence-electron chi connectivity index (χ0n) is 30.5. The van der Waals surface area contributed by atoms with Gasteiger partial charge in [-0.15, -0.1) is 0 Å². The van der Waals surface area contributed by atoms with Crippen molar-refractivity contribution in [2.45, 2.75) is 0 Å². The minimum atomic E-state index is 1.09. The van der Waals surface area contributed by atoms with Gasteiger partial charge in [-0.1, -0.05) is 200 Å². The quantitative estimate of drug-likeness (QED) is 0.145. The van der Waals surface area contributed by atoms with E-state index in [-0.39, 0.29) is 0 Å². The van der Waals surface area contributed by atoms with Crippen LogP contribution in [0.4, 0.5) is 17.1 Å². The summed E-state index contributed by atoms with van der Waals surface area (Å²) in [4.78, 5) is 2.37. The second-order valence-electron chi connectivity index (χ2n) is 13.8. The molecule has 0 saturated heterocycles. The van der Waals surface area contributed by atoms with Crippen molar-refractivity contribution in [2.24, 2.45) is 0 Å². The zero-order chi connectivity index (χ0) is 36.8. The summed E-state index contributed by atoms with van der Waals surface area (Å²) >= 11 is 0. The second kappa shape index (κ2) is 15.4. The van der Waals surface area contributed by atoms with Gasteiger partial charge in [0.1, 0.15) is 0 Å². The van der Waals surface area contributed by atoms with Crippen molar-refractivity contribution in [1.29, 1.82) is 0 Å². The fourth-order valence-corrected chi connectivity index (χ4v) is 7.42. The summed E-state index contributed by atoms with van der Waals surface area (Å²) in [5.41, 5.74) is 17.7. The highest BCUT2D eigenvalue weighted by Crippen LogP contribution is 2.41. The molecule has 1 heteroatoms. The van der Waals surface area contributed by atoms with Gasteiger partial charge in [0.05, 0.1) is 0 Å². The van der Waals surface area contributed by atoms with Gasteiger partial charge in [-0.05, 0) is 103 Å². The third-order valence-corrected chi connectivity index (χ3v) is 10.3. The average Bonchev–Trinajstić information content (AvgIpc) is 3.28. The van der Waals surface area contributed by atoms with Gasteiger partial charge in [-0.3, -0.25) is 0 Å². The lowest BCUT2D eigenvalue weighted by atomic mass is 9.93. The molecule has 260 valence electrons. The first kappa shape index (κ1) is 33.6. The van der Waals surface area contributed by atoms with E-state index in [0.717, 1.165) is 17.1 Å². The normalized spacial score (nSPS) is 10.9. The maximum absolute atomic E-state index is 2.37. The summed E-state index contributed by atoms with van der Waals surface area (Å²) in [6.07, 6.45) is 0. The second-order valence-corrected chi connectivity index (χ2v) is 13.8. The van der Waals surface area contributed by atoms with Crippen molar-refractivity contribution < 1.29 is 0 Å². The number of hydrogen-bond acceptors (Lipinski definition) is 1. The van der Waals surface area contributed by atoms with Crippen LogP contribution in [-0.2, 0) is 0 Å². The Morgan fingerprint density at radius 3 is 0.782 bits per heavy atom. The van der Waals surface area contributed by atoms with Gasteiger partial charge in [0.15, 0.2) is 0 Å². The van der Waals surface area contributed by atoms with E-state index in [1.807, 2.05) is 0 Å². The molecule has 0 aliphatic rings. The summed E-state index contributed by atoms with van der Waals surface area (Å²) in [6, 6.07) is 84.9. The Morgan fingerprint density at radius 1 is 0.182 bits per heavy atom. The van der Waals surface area contributed by atoms with Crippen LogP contribution in [0.1, 0.15) is 0 Å². The monoisotopic (exact) mass is 701 g/mol. The van der Waals surface area contributed by atoms with Crippen LogP contribution in [0, 0.1) is 0 Å². The number of anilines is 3. The Morgan fingerprint density at radius 2 is 0.436 bits per heavy atom. The fourth-order valence-electron chi connectivity index (χ4n) is 7.42. The predicted octanol–water partition coefficient (Wildman–Crippen LogP) is 15.2. The van der Waals surface area contributed by atoms with E-state index in [0.29, 0.717) is 0 Å². The lowest BCUT2D eigenvalue weighted by Crippen LogP contribution is -2.10. The summed E-state index contributed by atoms with van der Waals surface area (Å²) < 4.78 is 0. The molecule has 0 unspecified atom stereocenters. The number of hydrogen-bond donors (Lipinski definition) is 0. The third-order valence-electron chi connectivity index (χ3n) is 10.3. The van der Waals surface area contributed by atoms with E-state index in [9.17, 15) is 0 Å². The Bertz CT molecular complexity index is 2490. The van der Waals surface area contributed by atoms with E-state index in [2.05, 4.69) is 241 Å². The molecule has 0 aromatic heterocycles. The minimum absolute atomic E-state index is 1.09. The van der Waals surface area contributed by atoms with Crippen molar-refractivity contribution in [3.63, 3.8) is 0 Å². The molecule has 0 bridgehead atoms. The molecule has 0 N–H and O–H groups in total. The minimum Gasteiger partial charge on any atom is -0.310 e. The van der Waals surface area contributed by atoms with Crippen LogP contribution in [0.2, 0.25) is 0 Å². The van der Waals surface area contributed by atoms with Crippen molar-refractivity contribution in [1.82, 2.24) is 0 Å². The molecule has 0 aliphatic carbocycles. The van der Waals surface area contributed by atoms with Crippen molar-refractivity contribution in [3.05, 3.63) is 237 Å². The first-order valence-corrected chi connectivity index (χ1v) is 18.8. The summed E-state index contributed by atoms with van der Waals surface area (Å²) in [7, 11) is 0. The number of rotatable bonds is 9. The van der Waals surface area contributed by atoms with Crippen LogP contribution in [0.25, 0.3) is 66.8 Å². The highest BCUT2D eigenvalue weighted by Gasteiger charge is 2.17. The molecule has 0 saturated carbocycles. The Hall–Kier alpha value is -7.22. The molecule has 9 aromatic carbocycles. The molecule has 0 aliphatic heterocycles. The molecule has 55 heavy (non-hydrogen) atoms. The Balaban J connectivity index is 1.10. The molecule has 0 heterocycles. The van der Waals surface area contributed by atoms with Crippen molar-refractivity contribution in [2.75, 3.05) is 4.90 Å². The molecule has 0 amide bonds. The summed E-state index contributed by atoms with van der Waals surface area (Å²) in [5.74, 6) is 0. The van der Waals surface area contributed by atoms with Crippen molar-refractivity contribution in [3.8, 4) is 66.8 Å². The smallest absolute Gasteiger partial charge is 0.0468 e. The van der Waals surface area contributed by atoms with Crippen LogP contribution in [0.5, 0.6) is 0 Å². The number of nitrogens with zero attached hydrogens (tertiary/aromatic N) is 1. The molecular formula is C54H39N. The highest BCUT2D eigenvalue weighted by atomic mass is 15.1. The van der Waals surface area contributed by atoms with Gasteiger partial charge in [-0.25, -0.2) is 0 Å². The largest absolute Gasteiger partial charge is 0.310 e. The van der Waals surface area contributed by atoms with Gasteiger partial charge in [0.2, 0.25) is 0 Å². The topological polar surface area (TPSA) is 3.24 Å². The molecule has 9 rings (SSSR count). The summed E-state index contributed by atoms with van der Waals surface area (Å²) in [6.45, 7) is 0. The van der Waals surface area contributed by atoms with E-state index < -0.39 is 0 Å². The maximum atomic E-state index is 2.37. The predicted molar refractivity (Wildman–Crippen MR) is 234 cm³/mol. The van der Waals surface area contributed by atoms with Crippen LogP contribution in [0.3, 0.4) is 0 Å². The van der Waals surface area contributed by atoms with Gasteiger partial charge in [-0.2, -0.15) is 0 Å². The SMILES string of the molecule is c1ccc(-c2ccc(-c3ccc(N(c4ccc(-c5ccc(-c6ccccc6)cc5)cc4)c4ccc(-c5ccccc5)c(-c5ccccc5)c4)cc3)cc2)cc1. The third kappa shape index (κ3) is 7.25. The molecule has 0 atom stereocenters. The Labute approximate surface area is 324 Å². The average molecular weight is 702 g/mol. The molecule has 0 fully saturated rings. The van der Waals surface area contributed by atoms with E-state index in [1.165, 1.54) is 66.8 Å². The first-order valence-electron chi connectivity index (χ1n) is 18.8. The standard InChI is InChI=1S/C54H39N/c1-5-13-40(14-6-1)42-21-25-44(26-22-42)46-29-33-50(34-30-46)55(51-35-31-47(32-36-51)45-27-23-43(24-28-45)41-15-7-2-8-16-41)52-37-38-53(48-17-9-3-10-18-48)54(39-52)49-19-11-4-12-20-49/h1-39H. The molecule has 0 radical (unpaired) electrons. The zero-order valence-corrected chi connectivity index (χ0v) is 30.5. The van der Waals surface area contributed by atoms with E-state index >= 15 is 0 Å². The number of benzene rings is 9.